The monoisotopic (exact) mass is 453 g/mol. The number of nitrogens with one attached hydrogen (secondary N) is 1. The molecular formula is C26H27N7O. The second-order valence-electron chi connectivity index (χ2n) is 9.62. The molecule has 2 aromatic carbocycles. The summed E-state index contributed by atoms with van der Waals surface area (Å²) in [6, 6.07) is 14.6. The van der Waals surface area contributed by atoms with Crippen LogP contribution in [0.5, 0.6) is 0 Å². The van der Waals surface area contributed by atoms with Gasteiger partial charge in [-0.2, -0.15) is 5.26 Å². The van der Waals surface area contributed by atoms with Crippen molar-refractivity contribution in [2.75, 3.05) is 36.5 Å². The van der Waals surface area contributed by atoms with Gasteiger partial charge in [-0.3, -0.25) is 0 Å². The molecule has 2 saturated heterocycles. The zero-order valence-electron chi connectivity index (χ0n) is 19.5. The highest BCUT2D eigenvalue weighted by atomic mass is 16.5. The van der Waals surface area contributed by atoms with Crippen LogP contribution in [0.2, 0.25) is 0 Å². The minimum Gasteiger partial charge on any atom is -0.381 e. The van der Waals surface area contributed by atoms with Crippen LogP contribution >= 0.6 is 0 Å². The Morgan fingerprint density at radius 3 is 2.76 bits per heavy atom. The van der Waals surface area contributed by atoms with Crippen LogP contribution in [0, 0.1) is 23.7 Å². The minimum absolute atomic E-state index is 0.0388. The minimum atomic E-state index is -0.0388. The molecule has 2 aliphatic rings. The first-order valence-electron chi connectivity index (χ1n) is 11.8. The van der Waals surface area contributed by atoms with Crippen LogP contribution in [-0.2, 0) is 4.74 Å². The molecule has 2 fully saturated rings. The molecule has 172 valence electrons. The third-order valence-electron chi connectivity index (χ3n) is 7.51. The van der Waals surface area contributed by atoms with Crippen molar-refractivity contribution in [2.24, 2.45) is 5.41 Å². The Morgan fingerprint density at radius 1 is 1.15 bits per heavy atom. The molecule has 2 aromatic heterocycles. The summed E-state index contributed by atoms with van der Waals surface area (Å²) >= 11 is 0. The van der Waals surface area contributed by atoms with Gasteiger partial charge in [0.1, 0.15) is 6.33 Å². The number of benzene rings is 2. The molecular weight excluding hydrogens is 426 g/mol. The van der Waals surface area contributed by atoms with Crippen LogP contribution in [0.25, 0.3) is 16.4 Å². The number of anilines is 2. The lowest BCUT2D eigenvalue weighted by molar-refractivity contribution is -0.000183. The molecule has 1 N–H and O–H groups in total. The predicted molar refractivity (Wildman–Crippen MR) is 131 cm³/mol. The summed E-state index contributed by atoms with van der Waals surface area (Å²) in [6.45, 7) is 7.98. The maximum absolute atomic E-state index is 9.44. The van der Waals surface area contributed by atoms with E-state index in [9.17, 15) is 5.26 Å². The summed E-state index contributed by atoms with van der Waals surface area (Å²) in [4.78, 5) is 6.89. The zero-order chi connectivity index (χ0) is 23.3. The molecule has 2 aliphatic heterocycles. The number of hydrogen-bond donors (Lipinski definition) is 1. The quantitative estimate of drug-likeness (QED) is 0.494. The summed E-state index contributed by atoms with van der Waals surface area (Å²) in [6.07, 6.45) is 3.82. The molecule has 4 heterocycles. The van der Waals surface area contributed by atoms with Crippen molar-refractivity contribution in [3.05, 3.63) is 59.4 Å². The molecule has 6 rings (SSSR count). The molecule has 0 amide bonds. The maximum Gasteiger partial charge on any atom is 0.184 e. The molecule has 0 radical (unpaired) electrons. The first-order valence-corrected chi connectivity index (χ1v) is 11.8. The summed E-state index contributed by atoms with van der Waals surface area (Å²) in [7, 11) is 0. The molecule has 1 spiro atoms. The fourth-order valence-electron chi connectivity index (χ4n) is 5.45. The first-order chi connectivity index (χ1) is 16.6. The van der Waals surface area contributed by atoms with Gasteiger partial charge in [0.2, 0.25) is 0 Å². The molecule has 1 atom stereocenters. The van der Waals surface area contributed by atoms with E-state index in [-0.39, 0.29) is 6.04 Å². The second-order valence-corrected chi connectivity index (χ2v) is 9.62. The van der Waals surface area contributed by atoms with Gasteiger partial charge >= 0.3 is 0 Å². The molecule has 0 aliphatic carbocycles. The second kappa shape index (κ2) is 7.96. The van der Waals surface area contributed by atoms with Crippen LogP contribution in [0.3, 0.4) is 0 Å². The van der Waals surface area contributed by atoms with E-state index >= 15 is 0 Å². The average molecular weight is 454 g/mol. The van der Waals surface area contributed by atoms with E-state index in [1.807, 2.05) is 19.1 Å². The van der Waals surface area contributed by atoms with Crippen LogP contribution in [0.1, 0.15) is 42.5 Å². The largest absolute Gasteiger partial charge is 0.381 e. The summed E-state index contributed by atoms with van der Waals surface area (Å²) in [5.74, 6) is 0.755. The normalized spacial score (nSPS) is 18.1. The van der Waals surface area contributed by atoms with Crippen molar-refractivity contribution >= 4 is 27.9 Å². The Bertz CT molecular complexity index is 1420. The topological polar surface area (TPSA) is 91.4 Å². The van der Waals surface area contributed by atoms with Crippen LogP contribution in [0.15, 0.2) is 42.7 Å². The summed E-state index contributed by atoms with van der Waals surface area (Å²) in [5.41, 5.74) is 5.10. The Morgan fingerprint density at radius 2 is 1.97 bits per heavy atom. The first kappa shape index (κ1) is 20.9. The standard InChI is InChI=1S/C26H27N7O/c1-17-19(13-27)4-3-5-21(17)18(2)30-24-23-12-20(32-14-26(15-32)8-10-34-11-9-26)6-7-22(23)25-28-16-29-33(25)31-24/h3-7,12,16,18H,8-11,14-15H2,1-2H3,(H,30,31). The fourth-order valence-corrected chi connectivity index (χ4v) is 5.45. The van der Waals surface area contributed by atoms with Gasteiger partial charge in [0.25, 0.3) is 0 Å². The SMILES string of the molecule is Cc1c(C#N)cccc1C(C)Nc1nn2ncnc2c2ccc(N3CC4(CCOCC4)C3)cc12. The number of rotatable bonds is 4. The Balaban J connectivity index is 1.37. The van der Waals surface area contributed by atoms with E-state index in [0.29, 0.717) is 11.0 Å². The smallest absolute Gasteiger partial charge is 0.184 e. The van der Waals surface area contributed by atoms with Crippen molar-refractivity contribution in [3.8, 4) is 6.07 Å². The Kier molecular flexibility index (Phi) is 4.89. The van der Waals surface area contributed by atoms with Crippen molar-refractivity contribution in [2.45, 2.75) is 32.7 Å². The molecule has 0 bridgehead atoms. The third-order valence-corrected chi connectivity index (χ3v) is 7.51. The van der Waals surface area contributed by atoms with Gasteiger partial charge in [0.05, 0.1) is 17.7 Å². The van der Waals surface area contributed by atoms with Gasteiger partial charge in [-0.1, -0.05) is 12.1 Å². The van der Waals surface area contributed by atoms with E-state index in [2.05, 4.69) is 57.6 Å². The van der Waals surface area contributed by atoms with Crippen molar-refractivity contribution < 1.29 is 4.74 Å². The number of nitrogens with zero attached hydrogens (tertiary/aromatic N) is 6. The number of ether oxygens (including phenoxy) is 1. The van der Waals surface area contributed by atoms with Crippen molar-refractivity contribution in [1.29, 1.82) is 5.26 Å². The third kappa shape index (κ3) is 3.35. The van der Waals surface area contributed by atoms with E-state index in [4.69, 9.17) is 9.84 Å². The lowest BCUT2D eigenvalue weighted by atomic mass is 9.73. The molecule has 1 unspecified atom stereocenters. The van der Waals surface area contributed by atoms with Crippen LogP contribution in [-0.4, -0.2) is 46.1 Å². The predicted octanol–water partition coefficient (Wildman–Crippen LogP) is 4.25. The van der Waals surface area contributed by atoms with Gasteiger partial charge in [-0.25, -0.2) is 4.98 Å². The summed E-state index contributed by atoms with van der Waals surface area (Å²) < 4.78 is 7.16. The highest BCUT2D eigenvalue weighted by molar-refractivity contribution is 6.01. The van der Waals surface area contributed by atoms with Gasteiger partial charge in [-0.15, -0.1) is 14.8 Å². The number of fused-ring (bicyclic) bond motifs is 3. The van der Waals surface area contributed by atoms with Gasteiger partial charge in [0.15, 0.2) is 11.5 Å². The maximum atomic E-state index is 9.44. The van der Waals surface area contributed by atoms with E-state index in [1.165, 1.54) is 12.0 Å². The van der Waals surface area contributed by atoms with Gasteiger partial charge < -0.3 is 15.0 Å². The van der Waals surface area contributed by atoms with Gasteiger partial charge in [-0.05, 0) is 62.1 Å². The van der Waals surface area contributed by atoms with E-state index in [1.54, 1.807) is 4.63 Å². The zero-order valence-corrected chi connectivity index (χ0v) is 19.5. The Labute approximate surface area is 198 Å². The average Bonchev–Trinajstić information content (AvgIpc) is 3.31. The van der Waals surface area contributed by atoms with Crippen molar-refractivity contribution in [3.63, 3.8) is 0 Å². The lowest BCUT2D eigenvalue weighted by Gasteiger charge is -2.53. The highest BCUT2D eigenvalue weighted by Crippen LogP contribution is 2.43. The van der Waals surface area contributed by atoms with E-state index in [0.717, 1.165) is 72.5 Å². The number of nitriles is 1. The number of hydrogen-bond acceptors (Lipinski definition) is 7. The van der Waals surface area contributed by atoms with E-state index < -0.39 is 0 Å². The van der Waals surface area contributed by atoms with Crippen LogP contribution < -0.4 is 10.2 Å². The molecule has 0 saturated carbocycles. The van der Waals surface area contributed by atoms with Gasteiger partial charge in [0, 0.05) is 48.2 Å². The Hall–Kier alpha value is -3.70. The van der Waals surface area contributed by atoms with Crippen molar-refractivity contribution in [1.82, 2.24) is 19.8 Å². The highest BCUT2D eigenvalue weighted by Gasteiger charge is 2.43. The summed E-state index contributed by atoms with van der Waals surface area (Å²) in [5, 5.41) is 24.1. The molecule has 4 aromatic rings. The fraction of sp³-hybridized carbons (Fsp3) is 0.385. The molecule has 8 nitrogen and oxygen atoms in total. The van der Waals surface area contributed by atoms with Crippen LogP contribution in [0.4, 0.5) is 11.5 Å². The lowest BCUT2D eigenvalue weighted by Crippen LogP contribution is -2.58. The molecule has 8 heteroatoms. The molecule has 34 heavy (non-hydrogen) atoms. The number of aromatic nitrogens is 4.